The molecule has 5 nitrogen and oxygen atoms in total. The Morgan fingerprint density at radius 1 is 1.39 bits per heavy atom. The highest BCUT2D eigenvalue weighted by Gasteiger charge is 2.16. The summed E-state index contributed by atoms with van der Waals surface area (Å²) < 4.78 is 39.3. The molecule has 0 bridgehead atoms. The number of alkyl halides is 2. The van der Waals surface area contributed by atoms with Crippen LogP contribution in [-0.2, 0) is 11.3 Å². The quantitative estimate of drug-likeness (QED) is 0.858. The van der Waals surface area contributed by atoms with Crippen LogP contribution in [0.25, 0.3) is 0 Å². The first kappa shape index (κ1) is 16.9. The van der Waals surface area contributed by atoms with E-state index < -0.39 is 30.7 Å². The molecule has 1 aromatic heterocycles. The van der Waals surface area contributed by atoms with Gasteiger partial charge in [0.25, 0.3) is 6.43 Å². The van der Waals surface area contributed by atoms with Gasteiger partial charge in [-0.05, 0) is 31.5 Å². The number of carbonyl (C=O) groups excluding carboxylic acids is 1. The van der Waals surface area contributed by atoms with Crippen LogP contribution >= 0.6 is 0 Å². The zero-order valence-electron chi connectivity index (χ0n) is 12.7. The minimum atomic E-state index is -2.51. The molecule has 0 aliphatic rings. The molecule has 0 unspecified atom stereocenters. The second-order valence-corrected chi connectivity index (χ2v) is 5.18. The normalized spacial score (nSPS) is 12.3. The van der Waals surface area contributed by atoms with Gasteiger partial charge in [-0.25, -0.2) is 13.2 Å². The van der Waals surface area contributed by atoms with Crippen LogP contribution in [0.4, 0.5) is 24.5 Å². The fourth-order valence-corrected chi connectivity index (χ4v) is 1.96. The minimum Gasteiger partial charge on any atom is -0.371 e. The lowest BCUT2D eigenvalue weighted by molar-refractivity contribution is -0.116. The zero-order chi connectivity index (χ0) is 17.0. The van der Waals surface area contributed by atoms with Gasteiger partial charge in [-0.1, -0.05) is 6.07 Å². The maximum absolute atomic E-state index is 13.7. The highest BCUT2D eigenvalue weighted by atomic mass is 19.3. The third kappa shape index (κ3) is 4.73. The summed E-state index contributed by atoms with van der Waals surface area (Å²) in [5, 5.41) is 9.06. The van der Waals surface area contributed by atoms with E-state index in [1.54, 1.807) is 19.9 Å². The summed E-state index contributed by atoms with van der Waals surface area (Å²) in [7, 11) is 0. The van der Waals surface area contributed by atoms with Gasteiger partial charge < -0.3 is 10.6 Å². The van der Waals surface area contributed by atoms with Crippen molar-refractivity contribution < 1.29 is 18.0 Å². The topological polar surface area (TPSA) is 59.0 Å². The molecular weight excluding hydrogens is 309 g/mol. The van der Waals surface area contributed by atoms with Gasteiger partial charge in [-0.15, -0.1) is 0 Å². The van der Waals surface area contributed by atoms with Gasteiger partial charge in [0.15, 0.2) is 0 Å². The first-order chi connectivity index (χ1) is 10.8. The SMILES string of the molecule is Cc1ccc(NC(=O)[C@@H](C)Nc2cnn(CC(F)F)c2)c(F)c1. The maximum atomic E-state index is 13.7. The van der Waals surface area contributed by atoms with Gasteiger partial charge >= 0.3 is 0 Å². The van der Waals surface area contributed by atoms with Crippen molar-refractivity contribution in [1.29, 1.82) is 0 Å². The molecular formula is C15H17F3N4O. The first-order valence-corrected chi connectivity index (χ1v) is 6.99. The van der Waals surface area contributed by atoms with Crippen LogP contribution in [0.1, 0.15) is 12.5 Å². The lowest BCUT2D eigenvalue weighted by Gasteiger charge is -2.14. The number of nitrogens with one attached hydrogen (secondary N) is 2. The molecule has 0 radical (unpaired) electrons. The molecule has 2 aromatic rings. The van der Waals surface area contributed by atoms with Gasteiger partial charge in [-0.2, -0.15) is 5.10 Å². The number of halogens is 3. The van der Waals surface area contributed by atoms with Crippen molar-refractivity contribution in [2.45, 2.75) is 32.9 Å². The molecule has 124 valence electrons. The average Bonchev–Trinajstić information content (AvgIpc) is 2.88. The van der Waals surface area contributed by atoms with E-state index in [-0.39, 0.29) is 5.69 Å². The van der Waals surface area contributed by atoms with Crippen molar-refractivity contribution in [3.63, 3.8) is 0 Å². The summed E-state index contributed by atoms with van der Waals surface area (Å²) in [5.41, 5.74) is 1.26. The Labute approximate surface area is 131 Å². The number of aryl methyl sites for hydroxylation is 1. The van der Waals surface area contributed by atoms with Crippen molar-refractivity contribution in [2.75, 3.05) is 10.6 Å². The van der Waals surface area contributed by atoms with Crippen LogP contribution in [0.3, 0.4) is 0 Å². The molecule has 8 heteroatoms. The van der Waals surface area contributed by atoms with Crippen molar-refractivity contribution in [1.82, 2.24) is 9.78 Å². The van der Waals surface area contributed by atoms with E-state index in [0.29, 0.717) is 5.69 Å². The van der Waals surface area contributed by atoms with E-state index in [2.05, 4.69) is 15.7 Å². The molecule has 2 rings (SSSR count). The van der Waals surface area contributed by atoms with E-state index in [9.17, 15) is 18.0 Å². The molecule has 1 atom stereocenters. The number of hydrogen-bond acceptors (Lipinski definition) is 3. The summed E-state index contributed by atoms with van der Waals surface area (Å²) in [4.78, 5) is 12.1. The van der Waals surface area contributed by atoms with E-state index in [0.717, 1.165) is 10.2 Å². The second-order valence-electron chi connectivity index (χ2n) is 5.18. The lowest BCUT2D eigenvalue weighted by atomic mass is 10.2. The zero-order valence-corrected chi connectivity index (χ0v) is 12.7. The number of aromatic nitrogens is 2. The van der Waals surface area contributed by atoms with Crippen molar-refractivity contribution >= 4 is 17.3 Å². The number of amides is 1. The summed E-state index contributed by atoms with van der Waals surface area (Å²) >= 11 is 0. The van der Waals surface area contributed by atoms with Gasteiger partial charge in [0.2, 0.25) is 5.91 Å². The summed E-state index contributed by atoms with van der Waals surface area (Å²) in [6.45, 7) is 2.80. The van der Waals surface area contributed by atoms with Gasteiger partial charge in [-0.3, -0.25) is 9.48 Å². The number of nitrogens with zero attached hydrogens (tertiary/aromatic N) is 2. The fourth-order valence-electron chi connectivity index (χ4n) is 1.96. The fraction of sp³-hybridized carbons (Fsp3) is 0.333. The molecule has 2 N–H and O–H groups in total. The van der Waals surface area contributed by atoms with E-state index in [1.165, 1.54) is 24.5 Å². The van der Waals surface area contributed by atoms with Crippen LogP contribution in [0, 0.1) is 12.7 Å². The average molecular weight is 326 g/mol. The van der Waals surface area contributed by atoms with E-state index in [1.807, 2.05) is 0 Å². The minimum absolute atomic E-state index is 0.0858. The van der Waals surface area contributed by atoms with Crippen LogP contribution in [0.2, 0.25) is 0 Å². The molecule has 0 spiro atoms. The smallest absolute Gasteiger partial charge is 0.257 e. The predicted molar refractivity (Wildman–Crippen MR) is 81.1 cm³/mol. The Kier molecular flexibility index (Phi) is 5.25. The molecule has 0 aliphatic carbocycles. The highest BCUT2D eigenvalue weighted by Crippen LogP contribution is 2.16. The predicted octanol–water partition coefficient (Wildman–Crippen LogP) is 3.03. The summed E-state index contributed by atoms with van der Waals surface area (Å²) in [6.07, 6.45) is 0.217. The molecule has 0 fully saturated rings. The van der Waals surface area contributed by atoms with Gasteiger partial charge in [0.05, 0.1) is 17.6 Å². The monoisotopic (exact) mass is 326 g/mol. The third-order valence-corrected chi connectivity index (χ3v) is 3.12. The van der Waals surface area contributed by atoms with Crippen LogP contribution < -0.4 is 10.6 Å². The van der Waals surface area contributed by atoms with Crippen molar-refractivity contribution in [2.24, 2.45) is 0 Å². The Bertz CT molecular complexity index is 687. The Balaban J connectivity index is 1.95. The Morgan fingerprint density at radius 2 is 2.13 bits per heavy atom. The molecule has 1 heterocycles. The van der Waals surface area contributed by atoms with Gasteiger partial charge in [0, 0.05) is 6.20 Å². The molecule has 0 aliphatic heterocycles. The van der Waals surface area contributed by atoms with Gasteiger partial charge in [0.1, 0.15) is 18.4 Å². The Hall–Kier alpha value is -2.51. The van der Waals surface area contributed by atoms with Crippen molar-refractivity contribution in [3.05, 3.63) is 42.0 Å². The third-order valence-electron chi connectivity index (χ3n) is 3.12. The Morgan fingerprint density at radius 3 is 2.78 bits per heavy atom. The van der Waals surface area contributed by atoms with E-state index in [4.69, 9.17) is 0 Å². The molecule has 1 amide bonds. The van der Waals surface area contributed by atoms with E-state index >= 15 is 0 Å². The van der Waals surface area contributed by atoms with Crippen LogP contribution in [-0.4, -0.2) is 28.2 Å². The number of rotatable bonds is 6. The highest BCUT2D eigenvalue weighted by molar-refractivity contribution is 5.96. The second kappa shape index (κ2) is 7.17. The molecule has 1 aromatic carbocycles. The largest absolute Gasteiger partial charge is 0.371 e. The number of hydrogen-bond donors (Lipinski definition) is 2. The number of benzene rings is 1. The van der Waals surface area contributed by atoms with Crippen LogP contribution in [0.5, 0.6) is 0 Å². The molecule has 0 saturated heterocycles. The summed E-state index contributed by atoms with van der Waals surface area (Å²) in [6, 6.07) is 3.79. The first-order valence-electron chi connectivity index (χ1n) is 6.99. The molecule has 0 saturated carbocycles. The maximum Gasteiger partial charge on any atom is 0.257 e. The summed E-state index contributed by atoms with van der Waals surface area (Å²) in [5.74, 6) is -0.968. The molecule has 23 heavy (non-hydrogen) atoms. The standard InChI is InChI=1S/C15H17F3N4O/c1-9-3-4-13(12(16)5-9)21-15(23)10(2)20-11-6-19-22(7-11)8-14(17)18/h3-7,10,14,20H,8H2,1-2H3,(H,21,23)/t10-/m1/s1. The van der Waals surface area contributed by atoms with Crippen LogP contribution in [0.15, 0.2) is 30.6 Å². The number of carbonyl (C=O) groups is 1. The lowest BCUT2D eigenvalue weighted by Crippen LogP contribution is -2.32. The van der Waals surface area contributed by atoms with Crippen molar-refractivity contribution in [3.8, 4) is 0 Å². The number of anilines is 2.